The summed E-state index contributed by atoms with van der Waals surface area (Å²) >= 11 is 0. The summed E-state index contributed by atoms with van der Waals surface area (Å²) in [6.07, 6.45) is 0. The SMILES string of the molecule is CO[PH](C)(OC)OC.N. The molecule has 60 valence electrons. The van der Waals surface area contributed by atoms with Crippen molar-refractivity contribution in [3.8, 4) is 0 Å². The van der Waals surface area contributed by atoms with Crippen LogP contribution in [0.3, 0.4) is 0 Å². The smallest absolute Gasteiger partial charge is 0.344 e. The van der Waals surface area contributed by atoms with Crippen molar-refractivity contribution in [3.05, 3.63) is 0 Å². The van der Waals surface area contributed by atoms with E-state index in [1.54, 1.807) is 21.3 Å². The summed E-state index contributed by atoms with van der Waals surface area (Å²) in [7, 11) is 2.58. The summed E-state index contributed by atoms with van der Waals surface area (Å²) in [5, 5.41) is 0. The fraction of sp³-hybridized carbons (Fsp3) is 1.00. The van der Waals surface area contributed by atoms with Crippen molar-refractivity contribution in [1.29, 1.82) is 0 Å². The monoisotopic (exact) mass is 157 g/mol. The predicted molar refractivity (Wildman–Crippen MR) is 40.3 cm³/mol. The minimum Gasteiger partial charge on any atom is -0.344 e. The molecule has 0 radical (unpaired) electrons. The van der Waals surface area contributed by atoms with Crippen LogP contribution in [-0.2, 0) is 13.6 Å². The van der Waals surface area contributed by atoms with Crippen molar-refractivity contribution in [3.63, 3.8) is 0 Å². The van der Waals surface area contributed by atoms with Gasteiger partial charge < -0.3 is 6.15 Å². The van der Waals surface area contributed by atoms with Crippen LogP contribution in [0, 0.1) is 0 Å². The molecule has 0 spiro atoms. The average molecular weight is 157 g/mol. The van der Waals surface area contributed by atoms with Gasteiger partial charge in [0.1, 0.15) is 0 Å². The minimum atomic E-state index is -2.17. The van der Waals surface area contributed by atoms with Crippen LogP contribution in [0.5, 0.6) is 0 Å². The molecule has 5 heteroatoms. The summed E-state index contributed by atoms with van der Waals surface area (Å²) < 4.78 is 14.8. The molecule has 9 heavy (non-hydrogen) atoms. The summed E-state index contributed by atoms with van der Waals surface area (Å²) in [4.78, 5) is 0. The summed E-state index contributed by atoms with van der Waals surface area (Å²) in [5.74, 6) is 0. The van der Waals surface area contributed by atoms with E-state index in [4.69, 9.17) is 13.6 Å². The first-order valence-corrected chi connectivity index (χ1v) is 4.56. The first-order valence-electron chi connectivity index (χ1n) is 2.34. The van der Waals surface area contributed by atoms with Gasteiger partial charge in [-0.15, -0.1) is 0 Å². The van der Waals surface area contributed by atoms with Gasteiger partial charge in [-0.25, -0.2) is 0 Å². The average Bonchev–Trinajstić information content (AvgIpc) is 1.87. The van der Waals surface area contributed by atoms with Crippen LogP contribution in [-0.4, -0.2) is 28.0 Å². The van der Waals surface area contributed by atoms with Gasteiger partial charge in [-0.2, -0.15) is 0 Å². The molecule has 0 heterocycles. The standard InChI is InChI=1S/C4H13O3P.H3N/c1-5-8(4,6-2)7-3;/h8H,1-4H3;1H3. The van der Waals surface area contributed by atoms with E-state index in [-0.39, 0.29) is 6.15 Å². The topological polar surface area (TPSA) is 62.7 Å². The number of hydrogen-bond donors (Lipinski definition) is 1. The molecular weight excluding hydrogens is 141 g/mol. The van der Waals surface area contributed by atoms with Crippen molar-refractivity contribution in [2.24, 2.45) is 0 Å². The molecule has 4 nitrogen and oxygen atoms in total. The molecule has 0 aromatic heterocycles. The third-order valence-corrected chi connectivity index (χ3v) is 3.34. The molecule has 0 saturated heterocycles. The van der Waals surface area contributed by atoms with E-state index >= 15 is 0 Å². The zero-order chi connectivity index (χ0) is 6.62. The van der Waals surface area contributed by atoms with E-state index in [0.717, 1.165) is 0 Å². The van der Waals surface area contributed by atoms with Crippen LogP contribution in [0.4, 0.5) is 0 Å². The Labute approximate surface area is 56.7 Å². The Morgan fingerprint density at radius 2 is 1.11 bits per heavy atom. The molecule has 0 bridgehead atoms. The van der Waals surface area contributed by atoms with Gasteiger partial charge in [-0.1, -0.05) is 0 Å². The third kappa shape index (κ3) is 3.78. The maximum atomic E-state index is 4.93. The Morgan fingerprint density at radius 3 is 1.11 bits per heavy atom. The Hall–Kier alpha value is 0.270. The van der Waals surface area contributed by atoms with Crippen LogP contribution >= 0.6 is 7.94 Å². The maximum Gasteiger partial charge on any atom is -0.344 e. The van der Waals surface area contributed by atoms with Gasteiger partial charge in [0.25, 0.3) is 0 Å². The molecule has 0 unspecified atom stereocenters. The molecule has 0 aliphatic carbocycles. The van der Waals surface area contributed by atoms with Crippen LogP contribution in [0.1, 0.15) is 0 Å². The molecule has 0 amide bonds. The first-order chi connectivity index (χ1) is 3.68. The molecular formula is C4H16NO3P. The molecule has 0 aromatic rings. The Kier molecular flexibility index (Phi) is 6.78. The largest absolute Gasteiger partial charge is 0.344 e. The van der Waals surface area contributed by atoms with E-state index in [9.17, 15) is 0 Å². The Morgan fingerprint density at radius 1 is 0.889 bits per heavy atom. The van der Waals surface area contributed by atoms with Crippen molar-refractivity contribution in [2.45, 2.75) is 0 Å². The van der Waals surface area contributed by atoms with Crippen LogP contribution < -0.4 is 6.15 Å². The van der Waals surface area contributed by atoms with Gasteiger partial charge in [-0.05, 0) is 0 Å². The number of hydrogen-bond acceptors (Lipinski definition) is 4. The second kappa shape index (κ2) is 5.09. The third-order valence-electron chi connectivity index (χ3n) is 1.11. The molecule has 0 fully saturated rings. The van der Waals surface area contributed by atoms with Gasteiger partial charge in [0.15, 0.2) is 0 Å². The van der Waals surface area contributed by atoms with Crippen molar-refractivity contribution in [2.75, 3.05) is 28.0 Å². The summed E-state index contributed by atoms with van der Waals surface area (Å²) in [5.41, 5.74) is 0. The second-order valence-corrected chi connectivity index (χ2v) is 4.42. The molecule has 0 rings (SSSR count). The predicted octanol–water partition coefficient (Wildman–Crippen LogP) is 1.21. The molecule has 0 aromatic carbocycles. The van der Waals surface area contributed by atoms with Crippen LogP contribution in [0.15, 0.2) is 0 Å². The van der Waals surface area contributed by atoms with Crippen LogP contribution in [0.25, 0.3) is 0 Å². The van der Waals surface area contributed by atoms with E-state index in [1.165, 1.54) is 0 Å². The Bertz CT molecular complexity index is 58.6. The first kappa shape index (κ1) is 12.0. The van der Waals surface area contributed by atoms with Gasteiger partial charge >= 0.3 is 49.5 Å². The fourth-order valence-corrected chi connectivity index (χ4v) is 0.750. The van der Waals surface area contributed by atoms with Gasteiger partial charge in [0, 0.05) is 0 Å². The van der Waals surface area contributed by atoms with E-state index < -0.39 is 7.94 Å². The molecule has 0 atom stereocenters. The van der Waals surface area contributed by atoms with Gasteiger partial charge in [0.2, 0.25) is 0 Å². The van der Waals surface area contributed by atoms with E-state index in [0.29, 0.717) is 0 Å². The Balaban J connectivity index is 0. The minimum absolute atomic E-state index is 0. The molecule has 3 N–H and O–H groups in total. The summed E-state index contributed by atoms with van der Waals surface area (Å²) in [6, 6.07) is 0. The van der Waals surface area contributed by atoms with Crippen molar-refractivity contribution in [1.82, 2.24) is 6.15 Å². The fourth-order valence-electron chi connectivity index (χ4n) is 0.250. The molecule has 0 aliphatic rings. The van der Waals surface area contributed by atoms with Crippen molar-refractivity contribution < 1.29 is 13.6 Å². The van der Waals surface area contributed by atoms with Crippen molar-refractivity contribution >= 4 is 7.94 Å². The van der Waals surface area contributed by atoms with Crippen LogP contribution in [0.2, 0.25) is 0 Å². The normalized spacial score (nSPS) is 12.4. The van der Waals surface area contributed by atoms with Gasteiger partial charge in [-0.3, -0.25) is 0 Å². The maximum absolute atomic E-state index is 4.93. The quantitative estimate of drug-likeness (QED) is 0.625. The van der Waals surface area contributed by atoms with E-state index in [1.807, 2.05) is 6.66 Å². The van der Waals surface area contributed by atoms with Gasteiger partial charge in [0.05, 0.1) is 0 Å². The second-order valence-electron chi connectivity index (χ2n) is 1.47. The molecule has 0 saturated carbocycles. The zero-order valence-corrected chi connectivity index (χ0v) is 7.43. The van der Waals surface area contributed by atoms with E-state index in [2.05, 4.69) is 0 Å². The summed E-state index contributed by atoms with van der Waals surface area (Å²) in [6.45, 7) is 1.83. The zero-order valence-electron chi connectivity index (χ0n) is 6.43. The number of rotatable bonds is 3. The molecule has 0 aliphatic heterocycles.